The minimum absolute atomic E-state index is 0.0140. The fourth-order valence-corrected chi connectivity index (χ4v) is 21.6. The van der Waals surface area contributed by atoms with Crippen LogP contribution in [0.25, 0.3) is 0 Å². The molecule has 0 aromatic heterocycles. The Labute approximate surface area is 845 Å². The van der Waals surface area contributed by atoms with Crippen LogP contribution in [0.5, 0.6) is 0 Å². The van der Waals surface area contributed by atoms with Gasteiger partial charge in [-0.2, -0.15) is 0 Å². The molecule has 0 bridgehead atoms. The molecular weight excluding hydrogens is 1840 g/mol. The lowest BCUT2D eigenvalue weighted by atomic mass is 9.84. The van der Waals surface area contributed by atoms with Crippen LogP contribution in [-0.2, 0) is 47.6 Å². The molecule has 2 heterocycles. The maximum Gasteiger partial charge on any atom is 0.305 e. The predicted molar refractivity (Wildman–Crippen MR) is 551 cm³/mol. The van der Waals surface area contributed by atoms with Crippen LogP contribution < -0.4 is 0 Å². The first-order valence-corrected chi connectivity index (χ1v) is 54.1. The third kappa shape index (κ3) is 44.1. The number of allylic oxidation sites excluding steroid dienone is 8. The SMILES string of the molecule is CCCCC[C@@H](O)c1ccc([C@@H]2[C@@H](C/C=C\CCCC(=O)OCCN3CCOCC3)[C@H](Cl)C[C@H]2O)cc1.CCCCC[C@@H](O)c1ccc([C@@H]2[C@@H](C/C=C\CCCC(=O)OCCO)[C@H](Cl)C[C@H]2O)cc1.CCCCC[C@H](O)c1ccc([C@@H]2[C@@H](C/C=C\CCCC(=O)OCCN3CCOCC3)[C@H](Cl)C[C@H]2O)cc1.CCCCC[C@H](O)c1ccc([C@@H]2[C@@H](C/C=C\CCCC(=O)OCCO)[C@H](Cl)C[C@H]2O)cc1. The van der Waals surface area contributed by atoms with Gasteiger partial charge in [-0.1, -0.05) is 250 Å². The summed E-state index contributed by atoms with van der Waals surface area (Å²) in [5, 5.41) is 101. The summed E-state index contributed by atoms with van der Waals surface area (Å²) < 4.78 is 31.1. The first-order chi connectivity index (χ1) is 66.9. The highest BCUT2D eigenvalue weighted by molar-refractivity contribution is 6.22. The third-order valence-corrected chi connectivity index (χ3v) is 29.9. The Kier molecular flexibility index (Phi) is 60.6. The van der Waals surface area contributed by atoms with Crippen molar-refractivity contribution in [1.82, 2.24) is 9.80 Å². The summed E-state index contributed by atoms with van der Waals surface area (Å²) in [7, 11) is 0. The van der Waals surface area contributed by atoms with Crippen LogP contribution in [-0.4, -0.2) is 236 Å². The number of aliphatic hydroxyl groups is 10. The van der Waals surface area contributed by atoms with Gasteiger partial charge in [-0.15, -0.1) is 46.4 Å². The van der Waals surface area contributed by atoms with Gasteiger partial charge in [0.15, 0.2) is 0 Å². The summed E-state index contributed by atoms with van der Waals surface area (Å²) in [4.78, 5) is 51.4. The lowest BCUT2D eigenvalue weighted by Gasteiger charge is -2.26. The molecule has 2 aliphatic heterocycles. The lowest BCUT2D eigenvalue weighted by molar-refractivity contribution is -0.145. The van der Waals surface area contributed by atoms with E-state index >= 15 is 0 Å². The molecule has 4 aromatic carbocycles. The average molecular weight is 2010 g/mol. The number of nitrogens with zero attached hydrogens (tertiary/aromatic N) is 2. The number of halogens is 4. The van der Waals surface area contributed by atoms with Crippen LogP contribution in [0.2, 0.25) is 0 Å². The van der Waals surface area contributed by atoms with E-state index in [2.05, 4.69) is 86.1 Å². The van der Waals surface area contributed by atoms with E-state index in [1.807, 2.05) is 97.1 Å². The van der Waals surface area contributed by atoms with Crippen LogP contribution in [0.1, 0.15) is 351 Å². The number of carbonyl (C=O) groups excluding carboxylic acids is 4. The van der Waals surface area contributed by atoms with Gasteiger partial charge in [-0.05, 0) is 197 Å². The van der Waals surface area contributed by atoms with E-state index in [0.29, 0.717) is 77.4 Å². The average Bonchev–Trinajstić information content (AvgIpc) is 1.67. The molecule has 776 valence electrons. The molecule has 4 saturated carbocycles. The minimum Gasteiger partial charge on any atom is -0.464 e. The summed E-state index contributed by atoms with van der Waals surface area (Å²) in [5.41, 5.74) is 8.02. The number of hydrogen-bond donors (Lipinski definition) is 10. The fraction of sp³-hybridized carbons (Fsp3) is 0.679. The molecule has 22 nitrogen and oxygen atoms in total. The van der Waals surface area contributed by atoms with Crippen molar-refractivity contribution in [1.29, 1.82) is 0 Å². The van der Waals surface area contributed by atoms with Crippen molar-refractivity contribution in [3.63, 3.8) is 0 Å². The zero-order valence-electron chi connectivity index (χ0n) is 83.1. The van der Waals surface area contributed by atoms with Crippen molar-refractivity contribution in [3.05, 3.63) is 190 Å². The standard InChI is InChI=1S/2C30H46ClNO5.2C26H39ClO5/c2*1-2-3-6-10-27(33)23-12-14-24(15-13-23)30-25(26(31)22-28(30)34)9-7-4-5-8-11-29(35)37-21-18-32-16-19-36-20-17-32;2*1-2-3-6-10-23(29)19-12-14-20(15-13-19)26-21(22(27)18-24(26)30)9-7-4-5-8-11-25(31)32-17-16-28/h2*4,7,12-15,25-28,30,33-34H,2-3,5-6,8-11,16-22H2,1H3;2*4,7,12-15,21-24,26,28-30H,2-3,5-6,8-11,16-18H2,1H3/b4*7-4-/t25-,26+,27+,28+,30+;25-,26+,27-,28+,30+;21-,22+,23+,24+,26+;21-,22+,23-,24+,26+/m0000/s1. The largest absolute Gasteiger partial charge is 0.464 e. The maximum absolute atomic E-state index is 12.0. The second kappa shape index (κ2) is 70.1. The third-order valence-electron chi connectivity index (χ3n) is 27.9. The van der Waals surface area contributed by atoms with Crippen molar-refractivity contribution in [2.75, 3.05) is 105 Å². The molecule has 20 atom stereocenters. The molecule has 0 amide bonds. The van der Waals surface area contributed by atoms with Crippen LogP contribution in [0, 0.1) is 23.7 Å². The number of esters is 4. The molecule has 10 N–H and O–H groups in total. The van der Waals surface area contributed by atoms with Gasteiger partial charge in [0, 0.05) is 110 Å². The summed E-state index contributed by atoms with van der Waals surface area (Å²) in [5.74, 6) is -0.353. The highest BCUT2D eigenvalue weighted by Gasteiger charge is 2.46. The zero-order valence-corrected chi connectivity index (χ0v) is 86.2. The number of benzene rings is 4. The molecule has 0 spiro atoms. The first-order valence-electron chi connectivity index (χ1n) is 52.4. The Morgan fingerprint density at radius 3 is 0.761 bits per heavy atom. The first kappa shape index (κ1) is 119. The molecular formula is C112H170Cl4N2O20. The molecule has 0 unspecified atom stereocenters. The van der Waals surface area contributed by atoms with Crippen molar-refractivity contribution < 1.29 is 98.7 Å². The molecule has 4 aliphatic carbocycles. The maximum atomic E-state index is 12.0. The predicted octanol–water partition coefficient (Wildman–Crippen LogP) is 20.8. The molecule has 10 rings (SSSR count). The topological polar surface area (TPSA) is 332 Å². The van der Waals surface area contributed by atoms with Crippen molar-refractivity contribution in [2.24, 2.45) is 23.7 Å². The number of morpholine rings is 2. The summed E-state index contributed by atoms with van der Waals surface area (Å²) in [6.07, 6.45) is 42.5. The monoisotopic (exact) mass is 2000 g/mol. The van der Waals surface area contributed by atoms with Crippen molar-refractivity contribution in [3.8, 4) is 0 Å². The quantitative estimate of drug-likeness (QED) is 0.00645. The van der Waals surface area contributed by atoms with E-state index in [9.17, 15) is 60.0 Å². The van der Waals surface area contributed by atoms with E-state index in [-0.39, 0.29) is 119 Å². The number of rotatable bonds is 58. The van der Waals surface area contributed by atoms with E-state index in [0.717, 1.165) is 277 Å². The van der Waals surface area contributed by atoms with E-state index in [4.69, 9.17) is 85.0 Å². The minimum atomic E-state index is -0.475. The van der Waals surface area contributed by atoms with Gasteiger partial charge in [0.25, 0.3) is 0 Å². The summed E-state index contributed by atoms with van der Waals surface area (Å²) in [6, 6.07) is 32.1. The number of hydrogen-bond acceptors (Lipinski definition) is 22. The number of ether oxygens (including phenoxy) is 6. The van der Waals surface area contributed by atoms with Gasteiger partial charge in [0.05, 0.1) is 88.5 Å². The second-order valence-corrected chi connectivity index (χ2v) is 40.6. The normalized spacial score (nSPS) is 24.9. The second-order valence-electron chi connectivity index (χ2n) is 38.4. The Morgan fingerprint density at radius 2 is 0.551 bits per heavy atom. The summed E-state index contributed by atoms with van der Waals surface area (Å²) >= 11 is 26.5. The lowest BCUT2D eigenvalue weighted by Crippen LogP contribution is -2.38. The highest BCUT2D eigenvalue weighted by atomic mass is 35.5. The van der Waals surface area contributed by atoms with Crippen molar-refractivity contribution in [2.45, 2.75) is 353 Å². The van der Waals surface area contributed by atoms with E-state index < -0.39 is 48.8 Å². The van der Waals surface area contributed by atoms with Crippen LogP contribution >= 0.6 is 46.4 Å². The number of unbranched alkanes of at least 4 members (excludes halogenated alkanes) is 12. The van der Waals surface area contributed by atoms with Crippen LogP contribution in [0.3, 0.4) is 0 Å². The Morgan fingerprint density at radius 1 is 0.333 bits per heavy atom. The highest BCUT2D eigenvalue weighted by Crippen LogP contribution is 2.49. The van der Waals surface area contributed by atoms with Gasteiger partial charge in [-0.25, -0.2) is 0 Å². The smallest absolute Gasteiger partial charge is 0.305 e. The van der Waals surface area contributed by atoms with Crippen LogP contribution in [0.4, 0.5) is 0 Å². The molecule has 138 heavy (non-hydrogen) atoms. The Balaban J connectivity index is 0.000000251. The molecule has 2 saturated heterocycles. The molecule has 6 fully saturated rings. The number of alkyl halides is 4. The molecule has 4 aromatic rings. The molecule has 0 radical (unpaired) electrons. The van der Waals surface area contributed by atoms with E-state index in [1.165, 1.54) is 0 Å². The fourth-order valence-electron chi connectivity index (χ4n) is 19.9. The van der Waals surface area contributed by atoms with Gasteiger partial charge in [0.2, 0.25) is 0 Å². The Bertz CT molecular complexity index is 3770. The van der Waals surface area contributed by atoms with Crippen molar-refractivity contribution >= 4 is 70.3 Å². The van der Waals surface area contributed by atoms with Crippen LogP contribution in [0.15, 0.2) is 146 Å². The van der Waals surface area contributed by atoms with Gasteiger partial charge >= 0.3 is 23.9 Å². The van der Waals surface area contributed by atoms with Gasteiger partial charge in [0.1, 0.15) is 26.4 Å². The van der Waals surface area contributed by atoms with E-state index in [1.54, 1.807) is 0 Å². The Hall–Kier alpha value is -5.68. The zero-order chi connectivity index (χ0) is 99.6. The molecule has 6 aliphatic rings. The number of aliphatic hydroxyl groups excluding tert-OH is 10. The number of carbonyl (C=O) groups is 4. The van der Waals surface area contributed by atoms with Gasteiger partial charge < -0.3 is 79.5 Å². The van der Waals surface area contributed by atoms with Gasteiger partial charge in [-0.3, -0.25) is 29.0 Å². The molecule has 26 heteroatoms. The summed E-state index contributed by atoms with van der Waals surface area (Å²) in [6.45, 7) is 17.5.